The monoisotopic (exact) mass is 336 g/mol. The fourth-order valence-electron chi connectivity index (χ4n) is 3.43. The first-order valence-corrected chi connectivity index (χ1v) is 10.2. The van der Waals surface area contributed by atoms with Crippen LogP contribution in [0, 0.1) is 5.92 Å². The Balaban J connectivity index is 1.73. The van der Waals surface area contributed by atoms with Crippen molar-refractivity contribution < 1.29 is 13.2 Å². The van der Waals surface area contributed by atoms with Gasteiger partial charge in [-0.05, 0) is 44.5 Å². The first-order chi connectivity index (χ1) is 11.1. The lowest BCUT2D eigenvalue weighted by Crippen LogP contribution is -2.41. The van der Waals surface area contributed by atoms with Crippen molar-refractivity contribution in [2.75, 3.05) is 42.6 Å². The van der Waals surface area contributed by atoms with Gasteiger partial charge in [0.15, 0.2) is 9.84 Å². The second kappa shape index (κ2) is 7.01. The fraction of sp³-hybridized carbons (Fsp3) is 0.588. The standard InChI is InChI=1S/C17H24N2O3S/c20-17(15-8-13-23(21,22)14-15)19(16-6-2-1-3-7-16)12-11-18-9-4-5-10-18/h1-3,6-7,15H,4-5,8-14H2/t15-/m0/s1. The molecule has 126 valence electrons. The summed E-state index contributed by atoms with van der Waals surface area (Å²) in [6.07, 6.45) is 2.90. The molecule has 1 aromatic rings. The molecule has 0 radical (unpaired) electrons. The van der Waals surface area contributed by atoms with Crippen LogP contribution < -0.4 is 4.90 Å². The molecular formula is C17H24N2O3S. The van der Waals surface area contributed by atoms with Crippen molar-refractivity contribution in [3.63, 3.8) is 0 Å². The summed E-state index contributed by atoms with van der Waals surface area (Å²) in [5.74, 6) is -0.299. The van der Waals surface area contributed by atoms with Gasteiger partial charge in [-0.15, -0.1) is 0 Å². The Hall–Kier alpha value is -1.40. The lowest BCUT2D eigenvalue weighted by atomic mass is 10.1. The van der Waals surface area contributed by atoms with E-state index in [4.69, 9.17) is 0 Å². The number of hydrogen-bond acceptors (Lipinski definition) is 4. The van der Waals surface area contributed by atoms with E-state index >= 15 is 0 Å². The number of likely N-dealkylation sites (tertiary alicyclic amines) is 1. The van der Waals surface area contributed by atoms with Crippen LogP contribution in [-0.4, -0.2) is 56.9 Å². The van der Waals surface area contributed by atoms with E-state index in [-0.39, 0.29) is 17.4 Å². The Morgan fingerprint density at radius 3 is 2.48 bits per heavy atom. The van der Waals surface area contributed by atoms with Crippen molar-refractivity contribution in [1.82, 2.24) is 4.90 Å². The van der Waals surface area contributed by atoms with Gasteiger partial charge in [0, 0.05) is 18.8 Å². The normalized spacial score (nSPS) is 23.9. The highest BCUT2D eigenvalue weighted by molar-refractivity contribution is 7.91. The summed E-state index contributed by atoms with van der Waals surface area (Å²) in [5.41, 5.74) is 0.862. The number of benzene rings is 1. The van der Waals surface area contributed by atoms with Gasteiger partial charge in [0.2, 0.25) is 5.91 Å². The maximum atomic E-state index is 12.9. The van der Waals surface area contributed by atoms with Gasteiger partial charge in [-0.1, -0.05) is 18.2 Å². The topological polar surface area (TPSA) is 57.7 Å². The van der Waals surface area contributed by atoms with Crippen molar-refractivity contribution in [2.45, 2.75) is 19.3 Å². The molecule has 1 atom stereocenters. The minimum Gasteiger partial charge on any atom is -0.311 e. The average Bonchev–Trinajstić information content (AvgIpc) is 3.17. The molecule has 1 aromatic carbocycles. The summed E-state index contributed by atoms with van der Waals surface area (Å²) in [5, 5.41) is 0. The first-order valence-electron chi connectivity index (χ1n) is 8.34. The minimum atomic E-state index is -3.04. The predicted molar refractivity (Wildman–Crippen MR) is 91.2 cm³/mol. The third-order valence-corrected chi connectivity index (χ3v) is 6.52. The molecule has 2 fully saturated rings. The SMILES string of the molecule is O=C([C@H]1CCS(=O)(=O)C1)N(CCN1CCCC1)c1ccccc1. The van der Waals surface area contributed by atoms with Crippen LogP contribution in [0.1, 0.15) is 19.3 Å². The van der Waals surface area contributed by atoms with Gasteiger partial charge in [0.1, 0.15) is 0 Å². The van der Waals surface area contributed by atoms with Crippen molar-refractivity contribution >= 4 is 21.4 Å². The molecule has 0 bridgehead atoms. The molecule has 2 aliphatic rings. The maximum absolute atomic E-state index is 12.9. The van der Waals surface area contributed by atoms with Crippen LogP contribution in [0.4, 0.5) is 5.69 Å². The second-order valence-corrected chi connectivity index (χ2v) is 8.70. The molecule has 0 spiro atoms. The number of sulfone groups is 1. The summed E-state index contributed by atoms with van der Waals surface area (Å²) in [4.78, 5) is 17.0. The fourth-order valence-corrected chi connectivity index (χ4v) is 5.16. The van der Waals surface area contributed by atoms with Gasteiger partial charge >= 0.3 is 0 Å². The Morgan fingerprint density at radius 2 is 1.87 bits per heavy atom. The lowest BCUT2D eigenvalue weighted by molar-refractivity contribution is -0.121. The van der Waals surface area contributed by atoms with Gasteiger partial charge in [-0.3, -0.25) is 4.79 Å². The number of para-hydroxylation sites is 1. The quantitative estimate of drug-likeness (QED) is 0.819. The lowest BCUT2D eigenvalue weighted by Gasteiger charge is -2.27. The summed E-state index contributed by atoms with van der Waals surface area (Å²) in [6, 6.07) is 9.59. The molecule has 23 heavy (non-hydrogen) atoms. The van der Waals surface area contributed by atoms with E-state index in [2.05, 4.69) is 4.90 Å². The number of hydrogen-bond donors (Lipinski definition) is 0. The Kier molecular flexibility index (Phi) is 5.02. The number of carbonyl (C=O) groups excluding carboxylic acids is 1. The van der Waals surface area contributed by atoms with E-state index in [1.54, 1.807) is 4.90 Å². The van der Waals surface area contributed by atoms with Crippen LogP contribution in [0.2, 0.25) is 0 Å². The third kappa shape index (κ3) is 4.12. The molecule has 0 aliphatic carbocycles. The molecule has 2 aliphatic heterocycles. The summed E-state index contributed by atoms with van der Waals surface area (Å²) >= 11 is 0. The average molecular weight is 336 g/mol. The van der Waals surface area contributed by atoms with Crippen LogP contribution in [0.3, 0.4) is 0 Å². The molecule has 3 rings (SSSR count). The van der Waals surface area contributed by atoms with Crippen LogP contribution in [0.5, 0.6) is 0 Å². The third-order valence-electron chi connectivity index (χ3n) is 4.75. The number of rotatable bonds is 5. The molecule has 0 aromatic heterocycles. The van der Waals surface area contributed by atoms with Gasteiger partial charge in [-0.2, -0.15) is 0 Å². The van der Waals surface area contributed by atoms with Gasteiger partial charge in [0.05, 0.1) is 17.4 Å². The highest BCUT2D eigenvalue weighted by Gasteiger charge is 2.35. The van der Waals surface area contributed by atoms with Crippen molar-refractivity contribution in [3.05, 3.63) is 30.3 Å². The van der Waals surface area contributed by atoms with Gasteiger partial charge < -0.3 is 9.80 Å². The van der Waals surface area contributed by atoms with E-state index < -0.39 is 15.8 Å². The number of anilines is 1. The van der Waals surface area contributed by atoms with Crippen LogP contribution in [-0.2, 0) is 14.6 Å². The summed E-state index contributed by atoms with van der Waals surface area (Å²) in [6.45, 7) is 3.66. The smallest absolute Gasteiger partial charge is 0.231 e. The van der Waals surface area contributed by atoms with Crippen molar-refractivity contribution in [1.29, 1.82) is 0 Å². The highest BCUT2D eigenvalue weighted by atomic mass is 32.2. The zero-order valence-electron chi connectivity index (χ0n) is 13.4. The largest absolute Gasteiger partial charge is 0.311 e. The molecule has 5 nitrogen and oxygen atoms in total. The Labute approximate surface area is 138 Å². The molecule has 1 amide bonds. The predicted octanol–water partition coefficient (Wildman–Crippen LogP) is 1.55. The zero-order chi connectivity index (χ0) is 16.3. The minimum absolute atomic E-state index is 0.00111. The number of carbonyl (C=O) groups is 1. The number of nitrogens with zero attached hydrogens (tertiary/aromatic N) is 2. The summed E-state index contributed by atoms with van der Waals surface area (Å²) in [7, 11) is -3.04. The Morgan fingerprint density at radius 1 is 1.17 bits per heavy atom. The van der Waals surface area contributed by atoms with Gasteiger partial charge in [-0.25, -0.2) is 8.42 Å². The summed E-state index contributed by atoms with van der Waals surface area (Å²) < 4.78 is 23.4. The molecule has 0 N–H and O–H groups in total. The Bertz CT molecular complexity index is 639. The first kappa shape index (κ1) is 16.5. The van der Waals surface area contributed by atoms with E-state index in [1.165, 1.54) is 12.8 Å². The molecule has 0 saturated carbocycles. The maximum Gasteiger partial charge on any atom is 0.231 e. The van der Waals surface area contributed by atoms with Crippen molar-refractivity contribution in [3.8, 4) is 0 Å². The molecule has 2 saturated heterocycles. The number of amides is 1. The molecule has 2 heterocycles. The van der Waals surface area contributed by atoms with Crippen LogP contribution in [0.25, 0.3) is 0 Å². The molecular weight excluding hydrogens is 312 g/mol. The van der Waals surface area contributed by atoms with E-state index in [1.807, 2.05) is 30.3 Å². The van der Waals surface area contributed by atoms with E-state index in [9.17, 15) is 13.2 Å². The van der Waals surface area contributed by atoms with E-state index in [0.29, 0.717) is 13.0 Å². The highest BCUT2D eigenvalue weighted by Crippen LogP contribution is 2.24. The van der Waals surface area contributed by atoms with Crippen molar-refractivity contribution in [2.24, 2.45) is 5.92 Å². The van der Waals surface area contributed by atoms with Crippen LogP contribution in [0.15, 0.2) is 30.3 Å². The molecule has 0 unspecified atom stereocenters. The van der Waals surface area contributed by atoms with E-state index in [0.717, 1.165) is 25.3 Å². The zero-order valence-corrected chi connectivity index (χ0v) is 14.2. The van der Waals surface area contributed by atoms with Gasteiger partial charge in [0.25, 0.3) is 0 Å². The second-order valence-electron chi connectivity index (χ2n) is 6.47. The van der Waals surface area contributed by atoms with Crippen LogP contribution >= 0.6 is 0 Å². The molecule has 6 heteroatoms.